The van der Waals surface area contributed by atoms with Gasteiger partial charge in [-0.1, -0.05) is 29.8 Å². The Hall–Kier alpha value is -4.01. The van der Waals surface area contributed by atoms with Crippen LogP contribution in [0.1, 0.15) is 18.4 Å². The van der Waals surface area contributed by atoms with Gasteiger partial charge in [0.25, 0.3) is 0 Å². The van der Waals surface area contributed by atoms with E-state index in [0.29, 0.717) is 21.8 Å². The molecule has 2 aromatic carbocycles. The molecule has 9 N–H and O–H groups in total. The summed E-state index contributed by atoms with van der Waals surface area (Å²) < 4.78 is 0. The first-order valence-electron chi connectivity index (χ1n) is 11.4. The highest BCUT2D eigenvalue weighted by molar-refractivity contribution is 7.99. The minimum Gasteiger partial charge on any atom is -0.508 e. The Morgan fingerprint density at radius 3 is 2.36 bits per heavy atom. The zero-order valence-electron chi connectivity index (χ0n) is 20.3. The van der Waals surface area contributed by atoms with E-state index in [-0.39, 0.29) is 35.8 Å². The van der Waals surface area contributed by atoms with Crippen LogP contribution in [0.2, 0.25) is 5.02 Å². The van der Waals surface area contributed by atoms with Gasteiger partial charge in [-0.3, -0.25) is 24.0 Å². The van der Waals surface area contributed by atoms with Crippen LogP contribution >= 0.6 is 23.4 Å². The maximum Gasteiger partial charge on any atom is 0.322 e. The lowest BCUT2D eigenvalue weighted by molar-refractivity contribution is -0.139. The van der Waals surface area contributed by atoms with Gasteiger partial charge in [-0.2, -0.15) is 0 Å². The molecule has 0 aliphatic rings. The molecule has 2 rings (SSSR count). The van der Waals surface area contributed by atoms with Crippen molar-refractivity contribution in [3.8, 4) is 5.75 Å². The van der Waals surface area contributed by atoms with Crippen LogP contribution in [-0.2, 0) is 30.4 Å². The highest BCUT2D eigenvalue weighted by atomic mass is 35.5. The molecule has 2 unspecified atom stereocenters. The Morgan fingerprint density at radius 1 is 1.03 bits per heavy atom. The number of hydrogen-bond acceptors (Lipinski definition) is 9. The van der Waals surface area contributed by atoms with Gasteiger partial charge >= 0.3 is 17.9 Å². The molecule has 0 fully saturated rings. The van der Waals surface area contributed by atoms with Gasteiger partial charge in [0.2, 0.25) is 11.8 Å². The Morgan fingerprint density at radius 2 is 1.72 bits per heavy atom. The molecule has 0 aliphatic carbocycles. The van der Waals surface area contributed by atoms with Gasteiger partial charge in [0.1, 0.15) is 24.4 Å². The fourth-order valence-corrected chi connectivity index (χ4v) is 4.62. The number of phenolic OH excluding ortho intramolecular Hbond substituents is 1. The summed E-state index contributed by atoms with van der Waals surface area (Å²) in [5.74, 6) is -5.49. The average Bonchev–Trinajstić information content (AvgIpc) is 2.85. The average molecular weight is 583 g/mol. The number of para-hydroxylation sites is 1. The molecule has 13 nitrogen and oxygen atoms in total. The highest BCUT2D eigenvalue weighted by Gasteiger charge is 2.24. The van der Waals surface area contributed by atoms with Crippen molar-refractivity contribution in [1.82, 2.24) is 10.6 Å². The van der Waals surface area contributed by atoms with Crippen LogP contribution in [0.5, 0.6) is 5.75 Å². The number of aromatic hydroxyl groups is 1. The van der Waals surface area contributed by atoms with Crippen LogP contribution in [0, 0.1) is 0 Å². The lowest BCUT2D eigenvalue weighted by Crippen LogP contribution is -2.49. The second kappa shape index (κ2) is 14.8. The highest BCUT2D eigenvalue weighted by Crippen LogP contribution is 2.39. The third-order valence-corrected chi connectivity index (χ3v) is 6.56. The van der Waals surface area contributed by atoms with E-state index >= 15 is 0 Å². The molecule has 2 amide bonds. The smallest absolute Gasteiger partial charge is 0.322 e. The van der Waals surface area contributed by atoms with Gasteiger partial charge in [-0.05, 0) is 24.1 Å². The van der Waals surface area contributed by atoms with Gasteiger partial charge in [0.05, 0.1) is 17.1 Å². The maximum absolute atomic E-state index is 12.6. The lowest BCUT2D eigenvalue weighted by atomic mass is 10.1. The predicted octanol–water partition coefficient (Wildman–Crippen LogP) is 1.39. The molecule has 0 bridgehead atoms. The number of aliphatic carboxylic acids is 3. The molecule has 210 valence electrons. The summed E-state index contributed by atoms with van der Waals surface area (Å²) in [4.78, 5) is 58.4. The molecular formula is C24H27ClN4O9S. The Labute approximate surface area is 231 Å². The Kier molecular flexibility index (Phi) is 11.8. The number of nitrogens with one attached hydrogen (secondary N) is 3. The van der Waals surface area contributed by atoms with Crippen molar-refractivity contribution in [3.05, 3.63) is 47.0 Å². The molecule has 0 aliphatic heterocycles. The van der Waals surface area contributed by atoms with Gasteiger partial charge < -0.3 is 42.1 Å². The minimum atomic E-state index is -1.31. The number of hydrogen-bond donors (Lipinski definition) is 8. The van der Waals surface area contributed by atoms with E-state index in [0.717, 1.165) is 11.8 Å². The molecule has 15 heteroatoms. The molecule has 0 radical (unpaired) electrons. The number of carboxylic acids is 3. The van der Waals surface area contributed by atoms with E-state index in [4.69, 9.17) is 27.5 Å². The zero-order valence-corrected chi connectivity index (χ0v) is 21.9. The molecular weight excluding hydrogens is 556 g/mol. The molecule has 0 aromatic heterocycles. The number of thioether (sulfide) groups is 1. The monoisotopic (exact) mass is 582 g/mol. The largest absolute Gasteiger partial charge is 0.508 e. The van der Waals surface area contributed by atoms with Gasteiger partial charge in [-0.15, -0.1) is 11.8 Å². The predicted molar refractivity (Wildman–Crippen MR) is 142 cm³/mol. The fourth-order valence-electron chi connectivity index (χ4n) is 3.22. The molecule has 39 heavy (non-hydrogen) atoms. The lowest BCUT2D eigenvalue weighted by Gasteiger charge is -2.20. The van der Waals surface area contributed by atoms with E-state index in [1.54, 1.807) is 24.3 Å². The van der Waals surface area contributed by atoms with Crippen molar-refractivity contribution in [2.24, 2.45) is 5.73 Å². The van der Waals surface area contributed by atoms with Crippen LogP contribution in [0.3, 0.4) is 0 Å². The van der Waals surface area contributed by atoms with Crippen molar-refractivity contribution in [2.75, 3.05) is 17.6 Å². The van der Waals surface area contributed by atoms with Crippen molar-refractivity contribution < 1.29 is 44.4 Å². The summed E-state index contributed by atoms with van der Waals surface area (Å²) >= 11 is 7.35. The number of halogens is 1. The normalized spacial score (nSPS) is 12.2. The zero-order chi connectivity index (χ0) is 29.1. The first-order valence-corrected chi connectivity index (χ1v) is 12.7. The maximum atomic E-state index is 12.6. The molecule has 2 aromatic rings. The number of amides is 2. The number of carbonyl (C=O) groups is 5. The quantitative estimate of drug-likeness (QED) is 0.110. The number of anilines is 2. The number of benzene rings is 2. The molecule has 0 heterocycles. The van der Waals surface area contributed by atoms with Crippen molar-refractivity contribution in [3.63, 3.8) is 0 Å². The minimum absolute atomic E-state index is 0.0844. The van der Waals surface area contributed by atoms with Gasteiger partial charge in [0.15, 0.2) is 0 Å². The van der Waals surface area contributed by atoms with Crippen LogP contribution in [-0.4, -0.2) is 74.5 Å². The van der Waals surface area contributed by atoms with Crippen molar-refractivity contribution in [2.45, 2.75) is 36.2 Å². The van der Waals surface area contributed by atoms with Crippen LogP contribution in [0.4, 0.5) is 11.4 Å². The van der Waals surface area contributed by atoms with Gasteiger partial charge in [0, 0.05) is 28.8 Å². The number of carboxylic acid groups (broad SMARTS) is 3. The second-order valence-electron chi connectivity index (χ2n) is 8.18. The number of nitrogens with two attached hydrogens (primary N) is 1. The van der Waals surface area contributed by atoms with E-state index < -0.39 is 48.4 Å². The van der Waals surface area contributed by atoms with Crippen LogP contribution < -0.4 is 21.7 Å². The van der Waals surface area contributed by atoms with E-state index in [9.17, 15) is 34.2 Å². The van der Waals surface area contributed by atoms with E-state index in [1.165, 1.54) is 12.1 Å². The summed E-state index contributed by atoms with van der Waals surface area (Å²) in [6, 6.07) is 6.68. The summed E-state index contributed by atoms with van der Waals surface area (Å²) in [5.41, 5.74) is 6.60. The Bertz CT molecular complexity index is 1240. The summed E-state index contributed by atoms with van der Waals surface area (Å²) in [5, 5.41) is 44.9. The third kappa shape index (κ3) is 10.3. The number of phenols is 1. The van der Waals surface area contributed by atoms with Crippen LogP contribution in [0.25, 0.3) is 0 Å². The molecule has 0 saturated carbocycles. The SMILES string of the molecule is NC(CCC(=O)NC(CSc1cc(O)cc(Cl)c1Nc1ccccc1CC(=O)O)C(=O)NCC(=O)O)C(=O)O. The summed E-state index contributed by atoms with van der Waals surface area (Å²) in [6.45, 7) is -0.703. The molecule has 0 spiro atoms. The summed E-state index contributed by atoms with van der Waals surface area (Å²) in [6.07, 6.45) is -0.763. The Balaban J connectivity index is 2.27. The van der Waals surface area contributed by atoms with Crippen molar-refractivity contribution in [1.29, 1.82) is 0 Å². The standard InChI is InChI=1S/C24H27ClN4O9S/c25-14-8-13(30)9-18(22(14)29-16-4-2-1-3-12(16)7-20(32)33)39-11-17(23(36)27-10-21(34)35)28-19(31)6-5-15(26)24(37)38/h1-4,8-9,15,17,29-30H,5-7,10-11,26H2,(H,27,36)(H,28,31)(H,32,33)(H,34,35)(H,37,38). The third-order valence-electron chi connectivity index (χ3n) is 5.13. The summed E-state index contributed by atoms with van der Waals surface area (Å²) in [7, 11) is 0. The van der Waals surface area contributed by atoms with Crippen molar-refractivity contribution >= 4 is 64.5 Å². The molecule has 2 atom stereocenters. The first-order chi connectivity index (χ1) is 18.4. The van der Waals surface area contributed by atoms with E-state index in [2.05, 4.69) is 16.0 Å². The topological polar surface area (TPSA) is 228 Å². The number of carbonyl (C=O) groups excluding carboxylic acids is 2. The number of rotatable bonds is 15. The molecule has 0 saturated heterocycles. The fraction of sp³-hybridized carbons (Fsp3) is 0.292. The first kappa shape index (κ1) is 31.2. The second-order valence-corrected chi connectivity index (χ2v) is 9.65. The van der Waals surface area contributed by atoms with Crippen LogP contribution in [0.15, 0.2) is 41.3 Å². The van der Waals surface area contributed by atoms with Gasteiger partial charge in [-0.25, -0.2) is 0 Å². The van der Waals surface area contributed by atoms with E-state index in [1.807, 2.05) is 0 Å².